The molecule has 1 aromatic rings. The molecule has 2 rings (SSSR count). The fourth-order valence-corrected chi connectivity index (χ4v) is 3.12. The van der Waals surface area contributed by atoms with E-state index in [1.165, 1.54) is 6.26 Å². The topological polar surface area (TPSA) is 46.2 Å². The Bertz CT molecular complexity index is 485. The molecular weight excluding hydrogens is 246 g/mol. The van der Waals surface area contributed by atoms with Gasteiger partial charge in [-0.2, -0.15) is 0 Å². The van der Waals surface area contributed by atoms with Gasteiger partial charge in [0.1, 0.15) is 0 Å². The van der Waals surface area contributed by atoms with E-state index in [0.717, 1.165) is 24.1 Å². The quantitative estimate of drug-likeness (QED) is 0.837. The molecule has 0 spiro atoms. The highest BCUT2D eigenvalue weighted by Gasteiger charge is 2.21. The lowest BCUT2D eigenvalue weighted by Gasteiger charge is -2.25. The molecule has 1 N–H and O–H groups in total. The van der Waals surface area contributed by atoms with Gasteiger partial charge in [-0.1, -0.05) is 12.1 Å². The summed E-state index contributed by atoms with van der Waals surface area (Å²) in [4.78, 5) is 0.494. The van der Waals surface area contributed by atoms with Crippen molar-refractivity contribution in [3.8, 4) is 0 Å². The van der Waals surface area contributed by atoms with E-state index in [1.807, 2.05) is 12.1 Å². The number of nitrogens with one attached hydrogen (secondary N) is 1. The molecule has 3 nitrogen and oxygen atoms in total. The summed E-state index contributed by atoms with van der Waals surface area (Å²) in [6, 6.07) is 5.77. The molecule has 0 fully saturated rings. The second kappa shape index (κ2) is 4.73. The molecule has 0 radical (unpaired) electrons. The molecule has 16 heavy (non-hydrogen) atoms. The van der Waals surface area contributed by atoms with Crippen LogP contribution in [0.5, 0.6) is 0 Å². The van der Waals surface area contributed by atoms with Crippen molar-refractivity contribution in [3.63, 3.8) is 0 Å². The van der Waals surface area contributed by atoms with Gasteiger partial charge in [-0.25, -0.2) is 8.42 Å². The molecule has 1 atom stereocenters. The molecule has 1 aliphatic heterocycles. The maximum Gasteiger partial charge on any atom is 0.175 e. The number of rotatable bonds is 1. The van der Waals surface area contributed by atoms with Crippen molar-refractivity contribution in [2.45, 2.75) is 24.3 Å². The van der Waals surface area contributed by atoms with E-state index < -0.39 is 9.84 Å². The average Bonchev–Trinajstić information content (AvgIpc) is 2.16. The van der Waals surface area contributed by atoms with Gasteiger partial charge in [-0.15, -0.1) is 12.4 Å². The van der Waals surface area contributed by atoms with E-state index in [9.17, 15) is 8.42 Å². The summed E-state index contributed by atoms with van der Waals surface area (Å²) in [5, 5.41) is 3.32. The third-order valence-electron chi connectivity index (χ3n) is 2.86. The number of fused-ring (bicyclic) bond motifs is 1. The largest absolute Gasteiger partial charge is 0.310 e. The Morgan fingerprint density at radius 2 is 2.06 bits per heavy atom. The lowest BCUT2D eigenvalue weighted by atomic mass is 9.95. The Morgan fingerprint density at radius 1 is 1.38 bits per heavy atom. The summed E-state index contributed by atoms with van der Waals surface area (Å²) in [7, 11) is -3.10. The predicted molar refractivity (Wildman–Crippen MR) is 66.9 cm³/mol. The normalized spacial score (nSPS) is 19.8. The molecule has 0 amide bonds. The van der Waals surface area contributed by atoms with Crippen molar-refractivity contribution in [1.29, 1.82) is 0 Å². The minimum absolute atomic E-state index is 0. The molecule has 5 heteroatoms. The predicted octanol–water partition coefficient (Wildman–Crippen LogP) is 1.72. The molecular formula is C11H16ClNO2S. The van der Waals surface area contributed by atoms with Crippen LogP contribution in [0.3, 0.4) is 0 Å². The molecule has 0 aliphatic carbocycles. The number of hydrogen-bond donors (Lipinski definition) is 1. The van der Waals surface area contributed by atoms with Crippen molar-refractivity contribution in [1.82, 2.24) is 5.32 Å². The highest BCUT2D eigenvalue weighted by atomic mass is 35.5. The second-order valence-corrected chi connectivity index (χ2v) is 6.01. The van der Waals surface area contributed by atoms with Gasteiger partial charge < -0.3 is 5.32 Å². The molecule has 1 aromatic carbocycles. The van der Waals surface area contributed by atoms with Crippen LogP contribution in [-0.4, -0.2) is 21.2 Å². The number of hydrogen-bond acceptors (Lipinski definition) is 3. The Balaban J connectivity index is 0.00000128. The van der Waals surface area contributed by atoms with Gasteiger partial charge >= 0.3 is 0 Å². The van der Waals surface area contributed by atoms with E-state index in [1.54, 1.807) is 6.07 Å². The van der Waals surface area contributed by atoms with Gasteiger partial charge in [-0.05, 0) is 37.1 Å². The molecule has 1 heterocycles. The van der Waals surface area contributed by atoms with Crippen LogP contribution in [0, 0.1) is 0 Å². The SMILES string of the molecule is C[C@@H]1NCCc2c1cccc2S(C)(=O)=O.Cl. The van der Waals surface area contributed by atoms with Crippen LogP contribution in [0.4, 0.5) is 0 Å². The van der Waals surface area contributed by atoms with Crippen LogP contribution in [0.15, 0.2) is 23.1 Å². The zero-order valence-electron chi connectivity index (χ0n) is 9.36. The van der Waals surface area contributed by atoms with Crippen molar-refractivity contribution in [2.75, 3.05) is 12.8 Å². The van der Waals surface area contributed by atoms with Gasteiger partial charge in [0.15, 0.2) is 9.84 Å². The standard InChI is InChI=1S/C11H15NO2S.ClH/c1-8-9-4-3-5-11(15(2,13)14)10(9)6-7-12-8;/h3-5,8,12H,6-7H2,1-2H3;1H/t8-;/m0./s1. The highest BCUT2D eigenvalue weighted by molar-refractivity contribution is 7.90. The van der Waals surface area contributed by atoms with E-state index >= 15 is 0 Å². The second-order valence-electron chi connectivity index (χ2n) is 4.02. The van der Waals surface area contributed by atoms with Gasteiger partial charge in [-0.3, -0.25) is 0 Å². The maximum atomic E-state index is 11.6. The summed E-state index contributed by atoms with van der Waals surface area (Å²) in [5.41, 5.74) is 2.11. The highest BCUT2D eigenvalue weighted by Crippen LogP contribution is 2.27. The first-order valence-electron chi connectivity index (χ1n) is 5.05. The van der Waals surface area contributed by atoms with Gasteiger partial charge in [0.25, 0.3) is 0 Å². The number of halogens is 1. The van der Waals surface area contributed by atoms with Gasteiger partial charge in [0.2, 0.25) is 0 Å². The first-order valence-corrected chi connectivity index (χ1v) is 6.94. The van der Waals surface area contributed by atoms with Crippen LogP contribution < -0.4 is 5.32 Å². The van der Waals surface area contributed by atoms with Gasteiger partial charge in [0.05, 0.1) is 4.90 Å². The summed E-state index contributed by atoms with van der Waals surface area (Å²) < 4.78 is 23.2. The average molecular weight is 262 g/mol. The molecule has 0 saturated carbocycles. The van der Waals surface area contributed by atoms with Gasteiger partial charge in [0, 0.05) is 12.3 Å². The summed E-state index contributed by atoms with van der Waals surface area (Å²) in [6.45, 7) is 2.91. The van der Waals surface area contributed by atoms with E-state index in [2.05, 4.69) is 12.2 Å². The lowest BCUT2D eigenvalue weighted by Crippen LogP contribution is -2.28. The van der Waals surface area contributed by atoms with Crippen molar-refractivity contribution < 1.29 is 8.42 Å². The van der Waals surface area contributed by atoms with Crippen LogP contribution >= 0.6 is 12.4 Å². The third kappa shape index (κ3) is 2.39. The zero-order chi connectivity index (χ0) is 11.1. The molecule has 1 aliphatic rings. The van der Waals surface area contributed by atoms with Crippen molar-refractivity contribution >= 4 is 22.2 Å². The summed E-state index contributed by atoms with van der Waals surface area (Å²) >= 11 is 0. The van der Waals surface area contributed by atoms with Crippen molar-refractivity contribution in [3.05, 3.63) is 29.3 Å². The number of benzene rings is 1. The minimum Gasteiger partial charge on any atom is -0.310 e. The molecule has 0 bridgehead atoms. The molecule has 0 saturated heterocycles. The van der Waals surface area contributed by atoms with E-state index in [-0.39, 0.29) is 18.4 Å². The van der Waals surface area contributed by atoms with E-state index in [4.69, 9.17) is 0 Å². The Hall–Kier alpha value is -0.580. The van der Waals surface area contributed by atoms with Crippen LogP contribution in [0.25, 0.3) is 0 Å². The molecule has 0 aromatic heterocycles. The Morgan fingerprint density at radius 3 is 2.69 bits per heavy atom. The lowest BCUT2D eigenvalue weighted by molar-refractivity contribution is 0.533. The Kier molecular flexibility index (Phi) is 3.99. The monoisotopic (exact) mass is 261 g/mol. The first kappa shape index (κ1) is 13.5. The van der Waals surface area contributed by atoms with Crippen LogP contribution in [0.2, 0.25) is 0 Å². The molecule has 90 valence electrons. The summed E-state index contributed by atoms with van der Waals surface area (Å²) in [5.74, 6) is 0. The van der Waals surface area contributed by atoms with Crippen LogP contribution in [-0.2, 0) is 16.3 Å². The molecule has 0 unspecified atom stereocenters. The fraction of sp³-hybridized carbons (Fsp3) is 0.455. The summed E-state index contributed by atoms with van der Waals surface area (Å²) in [6.07, 6.45) is 2.07. The minimum atomic E-state index is -3.10. The maximum absolute atomic E-state index is 11.6. The Labute approximate surface area is 103 Å². The first-order chi connectivity index (χ1) is 7.00. The third-order valence-corrected chi connectivity index (χ3v) is 4.04. The van der Waals surface area contributed by atoms with E-state index in [0.29, 0.717) is 4.90 Å². The fourth-order valence-electron chi connectivity index (χ4n) is 2.13. The van der Waals surface area contributed by atoms with Crippen molar-refractivity contribution in [2.24, 2.45) is 0 Å². The number of sulfone groups is 1. The smallest absolute Gasteiger partial charge is 0.175 e. The van der Waals surface area contributed by atoms with Crippen LogP contribution in [0.1, 0.15) is 24.1 Å². The zero-order valence-corrected chi connectivity index (χ0v) is 11.0.